The van der Waals surface area contributed by atoms with E-state index < -0.39 is 0 Å². The lowest BCUT2D eigenvalue weighted by Gasteiger charge is -2.17. The molecule has 0 aliphatic rings. The van der Waals surface area contributed by atoms with Gasteiger partial charge in [0.05, 0.1) is 99.9 Å². The van der Waals surface area contributed by atoms with Crippen molar-refractivity contribution in [2.75, 3.05) is 0 Å². The van der Waals surface area contributed by atoms with Crippen LogP contribution in [0.3, 0.4) is 0 Å². The highest BCUT2D eigenvalue weighted by Gasteiger charge is 2.28. The van der Waals surface area contributed by atoms with Crippen molar-refractivity contribution in [3.05, 3.63) is 472 Å². The molecule has 0 bridgehead atoms. The molecule has 0 aliphatic heterocycles. The van der Waals surface area contributed by atoms with E-state index in [9.17, 15) is 15.8 Å². The predicted octanol–water partition coefficient (Wildman–Crippen LogP) is 31.0. The van der Waals surface area contributed by atoms with E-state index in [0.717, 1.165) is 171 Å². The quantitative estimate of drug-likeness (QED) is 0.132. The highest BCUT2D eigenvalue weighted by molar-refractivity contribution is 6.22. The summed E-state index contributed by atoms with van der Waals surface area (Å²) >= 11 is 0. The van der Waals surface area contributed by atoms with E-state index in [2.05, 4.69) is 397 Å². The molecule has 13 nitrogen and oxygen atoms in total. The smallest absolute Gasteiger partial charge is 0.236 e. The van der Waals surface area contributed by atoms with Crippen LogP contribution >= 0.6 is 0 Å². The molecular weight excluding hydrogens is 1680 g/mol. The summed E-state index contributed by atoms with van der Waals surface area (Å²) in [6, 6.07) is 166. The van der Waals surface area contributed by atoms with Gasteiger partial charge >= 0.3 is 0 Å². The van der Waals surface area contributed by atoms with Crippen molar-refractivity contribution >= 4 is 164 Å². The van der Waals surface area contributed by atoms with Crippen LogP contribution < -0.4 is 0 Å². The van der Waals surface area contributed by atoms with Crippen molar-refractivity contribution in [2.45, 2.75) is 0 Å². The topological polar surface area (TPSA) is 153 Å². The standard InChI is InChI=1S/C46H28N4.C40H24N4.C39H23N5/c47-29-38-34-18-7-10-22-39(34)48-46(44(38)30-14-3-1-4-15-30)50-40-23-11-8-19-35(40)36-27-26-31(28-43(36)50)33-21-13-25-42-45(33)37-20-9-12-24-41(37)49(42)32-16-5-2-6-17-32;41-25-27-24-39(42-34-17-7-4-13-29(27)34)44-35-18-8-5-14-31(35)32-22-21-26(23-38(32)44)30-16-10-20-37-40(30)33-15-6-9-19-36(33)43(37)28-11-2-1-3-12-28;40-24-33-30-14-4-7-17-32(30)41-39(42-33)44-34-18-8-5-13-28(34)29-22-21-25(23-37(29)44)27-16-10-20-36-38(27)31-15-6-9-19-35(31)43(36)26-11-2-1-3-12-26/h1-28H;1-24H;1-23H. The van der Waals surface area contributed by atoms with Gasteiger partial charge in [-0.05, 0) is 178 Å². The molecule has 0 saturated carbocycles. The van der Waals surface area contributed by atoms with Crippen molar-refractivity contribution in [2.24, 2.45) is 0 Å². The van der Waals surface area contributed by atoms with Gasteiger partial charge in [-0.1, -0.05) is 315 Å². The average Bonchev–Trinajstić information content (AvgIpc) is 1.47. The van der Waals surface area contributed by atoms with Crippen molar-refractivity contribution in [3.63, 3.8) is 0 Å². The van der Waals surface area contributed by atoms with Crippen LogP contribution in [-0.2, 0) is 0 Å². The second-order valence-corrected chi connectivity index (χ2v) is 34.8. The van der Waals surface area contributed by atoms with Crippen LogP contribution in [0, 0.1) is 34.0 Å². The Labute approximate surface area is 790 Å². The third-order valence-electron chi connectivity index (χ3n) is 27.3. The van der Waals surface area contributed by atoms with Gasteiger partial charge in [0, 0.05) is 103 Å². The van der Waals surface area contributed by atoms with Gasteiger partial charge in [0.25, 0.3) is 0 Å². The number of para-hydroxylation sites is 12. The summed E-state index contributed by atoms with van der Waals surface area (Å²) in [5, 5.41) is 47.3. The third kappa shape index (κ3) is 12.7. The van der Waals surface area contributed by atoms with Gasteiger partial charge in [-0.2, -0.15) is 15.8 Å². The zero-order valence-corrected chi connectivity index (χ0v) is 74.1. The molecule has 13 heteroatoms. The normalized spacial score (nSPS) is 11.6. The Morgan fingerprint density at radius 3 is 0.949 bits per heavy atom. The van der Waals surface area contributed by atoms with Gasteiger partial charge in [-0.15, -0.1) is 0 Å². The zero-order chi connectivity index (χ0) is 91.6. The maximum absolute atomic E-state index is 10.7. The number of benzene rings is 19. The fourth-order valence-electron chi connectivity index (χ4n) is 21.4. The van der Waals surface area contributed by atoms with Crippen LogP contribution in [0.4, 0.5) is 0 Å². The van der Waals surface area contributed by atoms with E-state index >= 15 is 0 Å². The van der Waals surface area contributed by atoms with E-state index in [1.54, 1.807) is 0 Å². The molecule has 0 amide bonds. The van der Waals surface area contributed by atoms with Crippen molar-refractivity contribution in [1.29, 1.82) is 15.8 Å². The number of fused-ring (bicyclic) bond motifs is 21. The van der Waals surface area contributed by atoms with Crippen molar-refractivity contribution in [1.82, 2.24) is 47.3 Å². The highest BCUT2D eigenvalue weighted by Crippen LogP contribution is 2.48. The van der Waals surface area contributed by atoms with Crippen LogP contribution in [0.15, 0.2) is 455 Å². The van der Waals surface area contributed by atoms with E-state index in [0.29, 0.717) is 22.8 Å². The lowest BCUT2D eigenvalue weighted by molar-refractivity contribution is 1.00. The molecule has 0 N–H and O–H groups in total. The molecule has 0 radical (unpaired) electrons. The number of nitriles is 3. The average molecular weight is 1760 g/mol. The summed E-state index contributed by atoms with van der Waals surface area (Å²) in [5.41, 5.74) is 29.2. The van der Waals surface area contributed by atoms with E-state index in [-0.39, 0.29) is 0 Å². The minimum Gasteiger partial charge on any atom is -0.309 e. The summed E-state index contributed by atoms with van der Waals surface area (Å²) in [6.07, 6.45) is 0. The molecule has 0 saturated heterocycles. The van der Waals surface area contributed by atoms with Crippen LogP contribution in [-0.4, -0.2) is 47.3 Å². The molecule has 0 atom stereocenters. The summed E-state index contributed by atoms with van der Waals surface area (Å²) in [4.78, 5) is 20.1. The molecule has 138 heavy (non-hydrogen) atoms. The summed E-state index contributed by atoms with van der Waals surface area (Å²) in [7, 11) is 0. The fourth-order valence-corrected chi connectivity index (χ4v) is 21.4. The van der Waals surface area contributed by atoms with Crippen molar-refractivity contribution < 1.29 is 0 Å². The predicted molar refractivity (Wildman–Crippen MR) is 565 cm³/mol. The van der Waals surface area contributed by atoms with E-state index in [1.807, 2.05) is 103 Å². The lowest BCUT2D eigenvalue weighted by Crippen LogP contribution is -2.04. The molecule has 28 aromatic rings. The molecule has 9 aromatic heterocycles. The van der Waals surface area contributed by atoms with Gasteiger partial charge in [0.2, 0.25) is 5.95 Å². The summed E-state index contributed by atoms with van der Waals surface area (Å²) in [6.45, 7) is 0. The maximum atomic E-state index is 10.7. The molecule has 640 valence electrons. The number of pyridine rings is 2. The molecule has 28 rings (SSSR count). The molecule has 9 heterocycles. The van der Waals surface area contributed by atoms with Crippen LogP contribution in [0.2, 0.25) is 0 Å². The van der Waals surface area contributed by atoms with Crippen LogP contribution in [0.25, 0.3) is 243 Å². The first kappa shape index (κ1) is 79.6. The molecule has 0 spiro atoms. The first-order valence-corrected chi connectivity index (χ1v) is 46.1. The monoisotopic (exact) mass is 1760 g/mol. The molecule has 0 unspecified atom stereocenters. The third-order valence-corrected chi connectivity index (χ3v) is 27.3. The zero-order valence-electron chi connectivity index (χ0n) is 74.1. The molecule has 19 aromatic carbocycles. The number of aromatic nitrogens is 10. The number of hydrogen-bond donors (Lipinski definition) is 0. The Balaban J connectivity index is 0.000000107. The Kier molecular flexibility index (Phi) is 18.8. The van der Waals surface area contributed by atoms with Crippen LogP contribution in [0.1, 0.15) is 16.8 Å². The second-order valence-electron chi connectivity index (χ2n) is 34.8. The Morgan fingerprint density at radius 1 is 0.196 bits per heavy atom. The first-order chi connectivity index (χ1) is 68.4. The SMILES string of the molecule is N#Cc1c(-c2ccccc2)c(-n2c3ccccc3c3ccc(-c4cccc5c4c4ccccc4n5-c4ccccc4)cc32)nc2ccccc12.N#Cc1cc(-n2c3ccccc3c3ccc(-c4cccc5c4c4ccccc4n5-c4ccccc4)cc32)nc2ccccc12.N#Cc1nc(-n2c3ccccc3c3ccc(-c4cccc5c4c4ccccc4n5-c4ccccc4)cc32)nc2ccccc12. The Bertz CT molecular complexity index is 9660. The Morgan fingerprint density at radius 2 is 0.522 bits per heavy atom. The molecular formula is C125H75N13. The van der Waals surface area contributed by atoms with E-state index in [4.69, 9.17) is 19.9 Å². The number of rotatable bonds is 10. The highest BCUT2D eigenvalue weighted by atomic mass is 15.2. The van der Waals surface area contributed by atoms with Gasteiger partial charge < -0.3 is 13.7 Å². The summed E-state index contributed by atoms with van der Waals surface area (Å²) < 4.78 is 13.6. The summed E-state index contributed by atoms with van der Waals surface area (Å²) in [5.74, 6) is 1.97. The van der Waals surface area contributed by atoms with Gasteiger partial charge in [0.15, 0.2) is 5.69 Å². The van der Waals surface area contributed by atoms with Gasteiger partial charge in [0.1, 0.15) is 23.8 Å². The molecule has 0 aliphatic carbocycles. The van der Waals surface area contributed by atoms with Gasteiger partial charge in [-0.3, -0.25) is 13.7 Å². The van der Waals surface area contributed by atoms with Crippen LogP contribution in [0.5, 0.6) is 0 Å². The number of nitrogens with zero attached hydrogens (tertiary/aromatic N) is 13. The van der Waals surface area contributed by atoms with E-state index in [1.165, 1.54) is 65.5 Å². The minimum atomic E-state index is 0.367. The Hall–Kier alpha value is -19.4. The number of hydrogen-bond acceptors (Lipinski definition) is 7. The van der Waals surface area contributed by atoms with Crippen molar-refractivity contribution in [3.8, 4) is 97.4 Å². The van der Waals surface area contributed by atoms with Gasteiger partial charge in [-0.25, -0.2) is 19.9 Å². The minimum absolute atomic E-state index is 0.367. The largest absolute Gasteiger partial charge is 0.309 e. The lowest BCUT2D eigenvalue weighted by atomic mass is 9.97. The molecule has 0 fully saturated rings. The fraction of sp³-hybridized carbons (Fsp3) is 0. The first-order valence-electron chi connectivity index (χ1n) is 46.1. The second kappa shape index (κ2) is 32.6. The maximum Gasteiger partial charge on any atom is 0.236 e.